The van der Waals surface area contributed by atoms with Crippen LogP contribution in [0, 0.1) is 27.7 Å². The summed E-state index contributed by atoms with van der Waals surface area (Å²) in [5.74, 6) is -0.0613. The highest BCUT2D eigenvalue weighted by molar-refractivity contribution is 9.10. The molecule has 1 aliphatic heterocycles. The lowest BCUT2D eigenvalue weighted by Crippen LogP contribution is -2.23. The molecule has 2 heterocycles. The molecule has 0 aliphatic carbocycles. The van der Waals surface area contributed by atoms with Crippen molar-refractivity contribution in [3.05, 3.63) is 84.9 Å². The summed E-state index contributed by atoms with van der Waals surface area (Å²) in [6.07, 6.45) is 1.97. The van der Waals surface area contributed by atoms with Gasteiger partial charge in [0.15, 0.2) is 5.17 Å². The highest BCUT2D eigenvalue weighted by atomic mass is 79.9. The second-order valence-corrected chi connectivity index (χ2v) is 10.1. The first-order valence-electron chi connectivity index (χ1n) is 10.1. The van der Waals surface area contributed by atoms with Gasteiger partial charge in [-0.3, -0.25) is 9.69 Å². The Kier molecular flexibility index (Phi) is 6.39. The normalized spacial score (nSPS) is 16.6. The number of hydrogen-bond acceptors (Lipinski definition) is 3. The number of aromatic nitrogens is 1. The van der Waals surface area contributed by atoms with Gasteiger partial charge in [-0.15, -0.1) is 0 Å². The van der Waals surface area contributed by atoms with E-state index in [4.69, 9.17) is 11.6 Å². The van der Waals surface area contributed by atoms with Gasteiger partial charge in [0.05, 0.1) is 21.3 Å². The van der Waals surface area contributed by atoms with E-state index >= 15 is 0 Å². The minimum Gasteiger partial charge on any atom is -0.317 e. The van der Waals surface area contributed by atoms with Crippen LogP contribution in [0.3, 0.4) is 0 Å². The Labute approximate surface area is 206 Å². The van der Waals surface area contributed by atoms with Crippen LogP contribution in [-0.4, -0.2) is 27.6 Å². The molecule has 32 heavy (non-hydrogen) atoms. The topological polar surface area (TPSA) is 37.6 Å². The number of aliphatic imine (C=N–C) groups is 1. The molecule has 1 fully saturated rings. The minimum atomic E-state index is -0.0613. The van der Waals surface area contributed by atoms with Crippen LogP contribution in [0.15, 0.2) is 56.8 Å². The number of carbonyl (C=O) groups is 1. The van der Waals surface area contributed by atoms with Gasteiger partial charge in [0.1, 0.15) is 0 Å². The molecule has 3 aromatic rings. The van der Waals surface area contributed by atoms with Gasteiger partial charge in [-0.25, -0.2) is 4.99 Å². The zero-order valence-corrected chi connectivity index (χ0v) is 21.7. The number of amides is 1. The average molecular weight is 529 g/mol. The van der Waals surface area contributed by atoms with Crippen LogP contribution >= 0.6 is 39.3 Å². The van der Waals surface area contributed by atoms with Gasteiger partial charge in [-0.1, -0.05) is 29.8 Å². The molecule has 0 spiro atoms. The van der Waals surface area contributed by atoms with Gasteiger partial charge in [-0.05, 0) is 102 Å². The molecule has 1 aliphatic rings. The van der Waals surface area contributed by atoms with E-state index in [1.54, 1.807) is 18.0 Å². The maximum atomic E-state index is 12.9. The number of nitrogens with zero attached hydrogens (tertiary/aromatic N) is 3. The number of carbonyl (C=O) groups excluding carboxylic acids is 1. The number of benzene rings is 2. The fraction of sp³-hybridized carbons (Fsp3) is 0.200. The molecule has 2 aromatic carbocycles. The fourth-order valence-corrected chi connectivity index (χ4v) is 5.29. The molecular formula is C25H23BrClN3OS. The zero-order valence-electron chi connectivity index (χ0n) is 18.5. The van der Waals surface area contributed by atoms with Crippen LogP contribution in [0.5, 0.6) is 0 Å². The summed E-state index contributed by atoms with van der Waals surface area (Å²) in [6, 6.07) is 13.9. The molecule has 0 radical (unpaired) electrons. The standard InChI is InChI=1S/C25H23BrClN3OS/c1-14-7-6-8-15(2)23(14)30-16(3)11-18(17(30)4)12-22-24(31)29(5)25(32-22)28-19-9-10-20(26)21(27)13-19/h6-13H,1-5H3/b22-12+,28-25?. The summed E-state index contributed by atoms with van der Waals surface area (Å²) in [6.45, 7) is 8.45. The Morgan fingerprint density at radius 1 is 1.06 bits per heavy atom. The van der Waals surface area contributed by atoms with Crippen molar-refractivity contribution < 1.29 is 4.79 Å². The number of hydrogen-bond donors (Lipinski definition) is 0. The Morgan fingerprint density at radius 3 is 2.41 bits per heavy atom. The molecule has 1 aromatic heterocycles. The Morgan fingerprint density at radius 2 is 1.75 bits per heavy atom. The first-order chi connectivity index (χ1) is 15.2. The monoisotopic (exact) mass is 527 g/mol. The first-order valence-corrected chi connectivity index (χ1v) is 12.1. The molecule has 0 unspecified atom stereocenters. The predicted octanol–water partition coefficient (Wildman–Crippen LogP) is 7.36. The van der Waals surface area contributed by atoms with Gasteiger partial charge in [-0.2, -0.15) is 0 Å². The van der Waals surface area contributed by atoms with Crippen LogP contribution in [0.25, 0.3) is 11.8 Å². The smallest absolute Gasteiger partial charge is 0.266 e. The second kappa shape index (κ2) is 8.93. The lowest BCUT2D eigenvalue weighted by atomic mass is 10.1. The third-order valence-corrected chi connectivity index (χ3v) is 7.84. The molecule has 1 amide bonds. The van der Waals surface area contributed by atoms with E-state index < -0.39 is 0 Å². The van der Waals surface area contributed by atoms with Crippen LogP contribution in [0.2, 0.25) is 5.02 Å². The number of amidine groups is 1. The van der Waals surface area contributed by atoms with Crippen LogP contribution in [-0.2, 0) is 4.79 Å². The lowest BCUT2D eigenvalue weighted by Gasteiger charge is -2.15. The van der Waals surface area contributed by atoms with Crippen molar-refractivity contribution in [3.63, 3.8) is 0 Å². The van der Waals surface area contributed by atoms with Gasteiger partial charge >= 0.3 is 0 Å². The summed E-state index contributed by atoms with van der Waals surface area (Å²) in [5, 5.41) is 1.21. The van der Waals surface area contributed by atoms with Crippen molar-refractivity contribution in [2.45, 2.75) is 27.7 Å². The van der Waals surface area contributed by atoms with E-state index in [-0.39, 0.29) is 5.91 Å². The molecule has 4 nitrogen and oxygen atoms in total. The highest BCUT2D eigenvalue weighted by Gasteiger charge is 2.31. The zero-order chi connectivity index (χ0) is 23.2. The first kappa shape index (κ1) is 22.9. The number of thioether (sulfide) groups is 1. The van der Waals surface area contributed by atoms with E-state index in [0.29, 0.717) is 20.8 Å². The summed E-state index contributed by atoms with van der Waals surface area (Å²) in [7, 11) is 1.75. The van der Waals surface area contributed by atoms with Crippen molar-refractivity contribution in [1.29, 1.82) is 0 Å². The molecule has 7 heteroatoms. The van der Waals surface area contributed by atoms with E-state index in [1.807, 2.05) is 18.2 Å². The maximum absolute atomic E-state index is 12.9. The molecular weight excluding hydrogens is 506 g/mol. The van der Waals surface area contributed by atoms with E-state index in [0.717, 1.165) is 21.4 Å². The second-order valence-electron chi connectivity index (χ2n) is 7.87. The minimum absolute atomic E-state index is 0.0613. The van der Waals surface area contributed by atoms with Crippen molar-refractivity contribution in [2.24, 2.45) is 4.99 Å². The number of rotatable bonds is 3. The molecule has 4 rings (SSSR count). The van der Waals surface area contributed by atoms with Crippen molar-refractivity contribution >= 4 is 62.1 Å². The lowest BCUT2D eigenvalue weighted by molar-refractivity contribution is -0.121. The highest BCUT2D eigenvalue weighted by Crippen LogP contribution is 2.36. The van der Waals surface area contributed by atoms with E-state index in [2.05, 4.69) is 77.4 Å². The molecule has 0 N–H and O–H groups in total. The number of likely N-dealkylation sites (N-methyl/N-ethyl adjacent to an activating group) is 1. The van der Waals surface area contributed by atoms with Crippen LogP contribution in [0.4, 0.5) is 5.69 Å². The molecule has 1 saturated heterocycles. The number of para-hydroxylation sites is 1. The number of aryl methyl sites for hydroxylation is 3. The van der Waals surface area contributed by atoms with Crippen molar-refractivity contribution in [3.8, 4) is 5.69 Å². The Hall–Kier alpha value is -2.28. The average Bonchev–Trinajstić information content (AvgIpc) is 3.16. The number of halogens is 2. The fourth-order valence-electron chi connectivity index (χ4n) is 3.89. The Balaban J connectivity index is 1.71. The summed E-state index contributed by atoms with van der Waals surface area (Å²) in [5.41, 5.74) is 7.61. The van der Waals surface area contributed by atoms with Crippen LogP contribution in [0.1, 0.15) is 28.1 Å². The van der Waals surface area contributed by atoms with Gasteiger partial charge < -0.3 is 4.57 Å². The summed E-state index contributed by atoms with van der Waals surface area (Å²) in [4.78, 5) is 19.8. The third kappa shape index (κ3) is 4.19. The largest absolute Gasteiger partial charge is 0.317 e. The summed E-state index contributed by atoms with van der Waals surface area (Å²) >= 11 is 11.0. The Bertz CT molecular complexity index is 1290. The third-order valence-electron chi connectivity index (χ3n) is 5.55. The van der Waals surface area contributed by atoms with Gasteiger partial charge in [0, 0.05) is 22.9 Å². The molecule has 164 valence electrons. The van der Waals surface area contributed by atoms with Gasteiger partial charge in [0.25, 0.3) is 5.91 Å². The van der Waals surface area contributed by atoms with Crippen molar-refractivity contribution in [1.82, 2.24) is 9.47 Å². The molecule has 0 saturated carbocycles. The van der Waals surface area contributed by atoms with E-state index in [1.165, 1.54) is 28.6 Å². The summed E-state index contributed by atoms with van der Waals surface area (Å²) < 4.78 is 3.08. The quantitative estimate of drug-likeness (QED) is 0.333. The van der Waals surface area contributed by atoms with Gasteiger partial charge in [0.2, 0.25) is 0 Å². The maximum Gasteiger partial charge on any atom is 0.266 e. The van der Waals surface area contributed by atoms with Crippen molar-refractivity contribution in [2.75, 3.05) is 7.05 Å². The van der Waals surface area contributed by atoms with E-state index in [9.17, 15) is 4.79 Å². The SMILES string of the molecule is Cc1cccc(C)c1-n1c(C)cc(/C=C2/SC(=Nc3ccc(Br)c(Cl)c3)N(C)C2=O)c1C. The molecule has 0 bridgehead atoms. The predicted molar refractivity (Wildman–Crippen MR) is 139 cm³/mol. The van der Waals surface area contributed by atoms with Crippen LogP contribution < -0.4 is 0 Å². The molecule has 0 atom stereocenters.